The summed E-state index contributed by atoms with van der Waals surface area (Å²) in [4.78, 5) is 23.9. The van der Waals surface area contributed by atoms with E-state index in [0.717, 1.165) is 12.1 Å². The van der Waals surface area contributed by atoms with Crippen molar-refractivity contribution in [2.45, 2.75) is 6.92 Å². The number of benzene rings is 2. The highest BCUT2D eigenvalue weighted by Gasteiger charge is 2.18. The van der Waals surface area contributed by atoms with Gasteiger partial charge >= 0.3 is 5.97 Å². The number of esters is 1. The summed E-state index contributed by atoms with van der Waals surface area (Å²) < 4.78 is 36.6. The summed E-state index contributed by atoms with van der Waals surface area (Å²) in [6.07, 6.45) is 0. The highest BCUT2D eigenvalue weighted by Crippen LogP contribution is 2.26. The number of carbonyl (C=O) groups is 2. The largest absolute Gasteiger partial charge is 0.481 e. The van der Waals surface area contributed by atoms with Crippen molar-refractivity contribution in [3.05, 3.63) is 64.2 Å². The van der Waals surface area contributed by atoms with Gasteiger partial charge in [0.15, 0.2) is 12.4 Å². The Hall–Kier alpha value is -2.47. The third-order valence-corrected chi connectivity index (χ3v) is 3.20. The first-order valence-corrected chi connectivity index (χ1v) is 7.37. The Labute approximate surface area is 141 Å². The van der Waals surface area contributed by atoms with Gasteiger partial charge in [-0.05, 0) is 37.3 Å². The minimum atomic E-state index is -0.880. The van der Waals surface area contributed by atoms with Gasteiger partial charge in [-0.3, -0.25) is 4.79 Å². The number of ketones is 1. The van der Waals surface area contributed by atoms with E-state index in [2.05, 4.69) is 0 Å². The minimum Gasteiger partial charge on any atom is -0.481 e. The number of carbonyl (C=O) groups excluding carboxylic acids is 2. The average molecular weight is 355 g/mol. The van der Waals surface area contributed by atoms with Crippen LogP contribution in [0.5, 0.6) is 5.75 Å². The molecule has 0 aliphatic heterocycles. The summed E-state index contributed by atoms with van der Waals surface area (Å²) in [7, 11) is 0. The van der Waals surface area contributed by atoms with E-state index in [0.29, 0.717) is 6.07 Å². The van der Waals surface area contributed by atoms with Gasteiger partial charge < -0.3 is 9.47 Å². The van der Waals surface area contributed by atoms with Crippen LogP contribution in [-0.2, 0) is 9.53 Å². The van der Waals surface area contributed by atoms with Crippen LogP contribution in [0, 0.1) is 11.6 Å². The molecule has 0 radical (unpaired) electrons. The second-order valence-electron chi connectivity index (χ2n) is 4.72. The van der Waals surface area contributed by atoms with Crippen molar-refractivity contribution in [1.82, 2.24) is 0 Å². The first-order valence-electron chi connectivity index (χ1n) is 6.99. The van der Waals surface area contributed by atoms with E-state index >= 15 is 0 Å². The fourth-order valence-electron chi connectivity index (χ4n) is 1.99. The molecule has 2 rings (SSSR count). The summed E-state index contributed by atoms with van der Waals surface area (Å²) in [5.74, 6) is -3.00. The molecule has 0 heterocycles. The summed E-state index contributed by atoms with van der Waals surface area (Å²) in [6.45, 7) is 1.43. The molecule has 0 saturated heterocycles. The second kappa shape index (κ2) is 7.88. The van der Waals surface area contributed by atoms with Crippen molar-refractivity contribution in [2.24, 2.45) is 0 Å². The Bertz CT molecular complexity index is 757. The topological polar surface area (TPSA) is 52.6 Å². The van der Waals surface area contributed by atoms with Crippen molar-refractivity contribution in [3.63, 3.8) is 0 Å². The highest BCUT2D eigenvalue weighted by molar-refractivity contribution is 6.31. The first-order chi connectivity index (χ1) is 11.4. The van der Waals surface area contributed by atoms with Gasteiger partial charge in [-0.2, -0.15) is 0 Å². The van der Waals surface area contributed by atoms with Crippen molar-refractivity contribution >= 4 is 23.4 Å². The molecule has 0 N–H and O–H groups in total. The molecule has 24 heavy (non-hydrogen) atoms. The molecule has 0 aromatic heterocycles. The van der Waals surface area contributed by atoms with Gasteiger partial charge in [-0.15, -0.1) is 0 Å². The Balaban J connectivity index is 2.32. The zero-order valence-corrected chi connectivity index (χ0v) is 13.4. The van der Waals surface area contributed by atoms with Crippen LogP contribution in [0.2, 0.25) is 5.02 Å². The quantitative estimate of drug-likeness (QED) is 0.585. The van der Waals surface area contributed by atoms with Crippen LogP contribution in [-0.4, -0.2) is 25.0 Å². The molecule has 2 aromatic carbocycles. The van der Waals surface area contributed by atoms with Crippen LogP contribution < -0.4 is 4.74 Å². The van der Waals surface area contributed by atoms with E-state index in [1.54, 1.807) is 6.92 Å². The zero-order valence-electron chi connectivity index (χ0n) is 12.6. The zero-order chi connectivity index (χ0) is 17.7. The molecular formula is C17H13ClF2O4. The average Bonchev–Trinajstić information content (AvgIpc) is 2.52. The van der Waals surface area contributed by atoms with Gasteiger partial charge in [-0.25, -0.2) is 13.6 Å². The van der Waals surface area contributed by atoms with Gasteiger partial charge in [0.05, 0.1) is 12.2 Å². The van der Waals surface area contributed by atoms with Crippen LogP contribution in [0.25, 0.3) is 0 Å². The van der Waals surface area contributed by atoms with Gasteiger partial charge in [0.25, 0.3) is 0 Å². The van der Waals surface area contributed by atoms with E-state index in [1.165, 1.54) is 18.2 Å². The summed E-state index contributed by atoms with van der Waals surface area (Å²) in [6, 6.07) is 6.62. The molecule has 0 amide bonds. The van der Waals surface area contributed by atoms with E-state index in [4.69, 9.17) is 21.1 Å². The third kappa shape index (κ3) is 4.52. The van der Waals surface area contributed by atoms with Crippen LogP contribution >= 0.6 is 11.6 Å². The lowest BCUT2D eigenvalue weighted by Gasteiger charge is -2.11. The van der Waals surface area contributed by atoms with Crippen LogP contribution in [0.15, 0.2) is 36.4 Å². The van der Waals surface area contributed by atoms with Gasteiger partial charge in [0.2, 0.25) is 0 Å². The Morgan fingerprint density at radius 1 is 1.08 bits per heavy atom. The maximum Gasteiger partial charge on any atom is 0.344 e. The molecule has 0 bridgehead atoms. The molecule has 0 atom stereocenters. The Morgan fingerprint density at radius 3 is 2.38 bits per heavy atom. The molecule has 4 nitrogen and oxygen atoms in total. The molecule has 0 saturated carbocycles. The van der Waals surface area contributed by atoms with E-state index < -0.39 is 30.0 Å². The number of rotatable bonds is 6. The summed E-state index contributed by atoms with van der Waals surface area (Å²) in [5.41, 5.74) is -0.215. The molecule has 126 valence electrons. The molecular weight excluding hydrogens is 342 g/mol. The molecule has 0 spiro atoms. The molecule has 0 unspecified atom stereocenters. The standard InChI is InChI=1S/C17H13ClF2O4/c1-2-23-16(21)9-24-15-4-3-11(18)7-14(15)17(22)10-5-12(19)8-13(20)6-10/h3-8H,2,9H2,1H3. The summed E-state index contributed by atoms with van der Waals surface area (Å²) in [5, 5.41) is 0.235. The van der Waals surface area contributed by atoms with E-state index in [-0.39, 0.29) is 28.5 Å². The van der Waals surface area contributed by atoms with Crippen molar-refractivity contribution in [1.29, 1.82) is 0 Å². The van der Waals surface area contributed by atoms with Gasteiger partial charge in [0.1, 0.15) is 17.4 Å². The molecule has 0 fully saturated rings. The second-order valence-corrected chi connectivity index (χ2v) is 5.16. The summed E-state index contributed by atoms with van der Waals surface area (Å²) >= 11 is 5.88. The predicted molar refractivity (Wildman–Crippen MR) is 83.4 cm³/mol. The number of hydrogen-bond donors (Lipinski definition) is 0. The first kappa shape index (κ1) is 17.9. The third-order valence-electron chi connectivity index (χ3n) is 2.96. The predicted octanol–water partition coefficient (Wildman–Crippen LogP) is 3.79. The monoisotopic (exact) mass is 354 g/mol. The highest BCUT2D eigenvalue weighted by atomic mass is 35.5. The molecule has 2 aromatic rings. The van der Waals surface area contributed by atoms with E-state index in [9.17, 15) is 18.4 Å². The molecule has 0 aliphatic rings. The fourth-order valence-corrected chi connectivity index (χ4v) is 2.16. The SMILES string of the molecule is CCOC(=O)COc1ccc(Cl)cc1C(=O)c1cc(F)cc(F)c1. The van der Waals surface area contributed by atoms with Gasteiger partial charge in [-0.1, -0.05) is 11.6 Å². The van der Waals surface area contributed by atoms with Crippen LogP contribution in [0.3, 0.4) is 0 Å². The Morgan fingerprint density at radius 2 is 1.75 bits per heavy atom. The minimum absolute atomic E-state index is 0.0169. The van der Waals surface area contributed by atoms with Crippen molar-refractivity contribution in [3.8, 4) is 5.75 Å². The van der Waals surface area contributed by atoms with Crippen molar-refractivity contribution in [2.75, 3.05) is 13.2 Å². The van der Waals surface area contributed by atoms with E-state index in [1.807, 2.05) is 0 Å². The Kier molecular flexibility index (Phi) is 5.87. The fraction of sp³-hybridized carbons (Fsp3) is 0.176. The normalized spacial score (nSPS) is 10.3. The number of halogens is 3. The number of ether oxygens (including phenoxy) is 2. The maximum absolute atomic E-state index is 13.3. The van der Waals surface area contributed by atoms with Crippen molar-refractivity contribution < 1.29 is 27.8 Å². The lowest BCUT2D eigenvalue weighted by Crippen LogP contribution is -2.16. The lowest BCUT2D eigenvalue weighted by molar-refractivity contribution is -0.145. The van der Waals surface area contributed by atoms with Crippen LogP contribution in [0.1, 0.15) is 22.8 Å². The molecule has 7 heteroatoms. The van der Waals surface area contributed by atoms with Crippen LogP contribution in [0.4, 0.5) is 8.78 Å². The molecule has 0 aliphatic carbocycles. The van der Waals surface area contributed by atoms with Gasteiger partial charge in [0, 0.05) is 16.7 Å². The lowest BCUT2D eigenvalue weighted by atomic mass is 10.0. The maximum atomic E-state index is 13.3. The number of hydrogen-bond acceptors (Lipinski definition) is 4. The smallest absolute Gasteiger partial charge is 0.344 e.